The van der Waals surface area contributed by atoms with Crippen molar-refractivity contribution in [2.75, 3.05) is 18.0 Å². The van der Waals surface area contributed by atoms with E-state index in [1.165, 1.54) is 16.8 Å². The van der Waals surface area contributed by atoms with Crippen LogP contribution in [0.5, 0.6) is 0 Å². The van der Waals surface area contributed by atoms with Crippen LogP contribution in [-0.2, 0) is 32.6 Å². The van der Waals surface area contributed by atoms with E-state index in [2.05, 4.69) is 43.6 Å². The van der Waals surface area contributed by atoms with Crippen LogP contribution in [0, 0.1) is 0 Å². The van der Waals surface area contributed by atoms with Gasteiger partial charge in [0.05, 0.1) is 5.56 Å². The first-order valence-corrected chi connectivity index (χ1v) is 10.4. The molecule has 0 radical (unpaired) electrons. The van der Waals surface area contributed by atoms with Gasteiger partial charge in [0.25, 0.3) is 5.56 Å². The lowest BCUT2D eigenvalue weighted by Crippen LogP contribution is -2.37. The zero-order chi connectivity index (χ0) is 19.8. The topological polar surface area (TPSA) is 41.4 Å². The first-order valence-electron chi connectivity index (χ1n) is 10.1. The number of benzene rings is 2. The predicted molar refractivity (Wildman–Crippen MR) is 115 cm³/mol. The van der Waals surface area contributed by atoms with Crippen LogP contribution in [0.2, 0.25) is 5.02 Å². The molecule has 6 heteroatoms. The third kappa shape index (κ3) is 3.68. The van der Waals surface area contributed by atoms with Crippen LogP contribution in [0.4, 0.5) is 5.95 Å². The summed E-state index contributed by atoms with van der Waals surface area (Å²) in [5.41, 5.74) is 4.40. The second kappa shape index (κ2) is 7.65. The highest BCUT2D eigenvalue weighted by Gasteiger charge is 2.29. The molecule has 5 nitrogen and oxygen atoms in total. The van der Waals surface area contributed by atoms with E-state index in [9.17, 15) is 4.79 Å². The first kappa shape index (κ1) is 18.4. The summed E-state index contributed by atoms with van der Waals surface area (Å²) in [5.74, 6) is 0.806. The Morgan fingerprint density at radius 1 is 0.897 bits per heavy atom. The van der Waals surface area contributed by atoms with Gasteiger partial charge in [-0.3, -0.25) is 9.69 Å². The van der Waals surface area contributed by atoms with E-state index in [1.54, 1.807) is 0 Å². The van der Waals surface area contributed by atoms with Gasteiger partial charge in [0, 0.05) is 56.4 Å². The Bertz CT molecular complexity index is 1080. The molecule has 1 aromatic heterocycles. The molecule has 0 saturated carbocycles. The fourth-order valence-electron chi connectivity index (χ4n) is 4.37. The number of fused-ring (bicyclic) bond motifs is 3. The molecule has 0 atom stereocenters. The lowest BCUT2D eigenvalue weighted by Gasteiger charge is -2.30. The largest absolute Gasteiger partial charge is 0.336 e. The molecular weight excluding hydrogens is 384 g/mol. The van der Waals surface area contributed by atoms with Gasteiger partial charge in [-0.2, -0.15) is 4.98 Å². The second-order valence-electron chi connectivity index (χ2n) is 7.79. The monoisotopic (exact) mass is 406 g/mol. The van der Waals surface area contributed by atoms with Gasteiger partial charge in [0.1, 0.15) is 0 Å². The summed E-state index contributed by atoms with van der Waals surface area (Å²) >= 11 is 6.00. The number of halogens is 1. The minimum Gasteiger partial charge on any atom is -0.336 e. The van der Waals surface area contributed by atoms with Crippen molar-refractivity contribution in [2.45, 2.75) is 32.6 Å². The Morgan fingerprint density at radius 3 is 2.45 bits per heavy atom. The summed E-state index contributed by atoms with van der Waals surface area (Å²) in [6, 6.07) is 18.3. The zero-order valence-corrected chi connectivity index (χ0v) is 17.0. The molecule has 0 bridgehead atoms. The molecule has 0 fully saturated rings. The van der Waals surface area contributed by atoms with Crippen LogP contribution in [-0.4, -0.2) is 27.5 Å². The molecule has 5 rings (SSSR count). The third-order valence-corrected chi connectivity index (χ3v) is 6.09. The van der Waals surface area contributed by atoms with Gasteiger partial charge in [-0.05, 0) is 23.3 Å². The molecule has 2 aliphatic heterocycles. The molecule has 3 heterocycles. The third-order valence-electron chi connectivity index (χ3n) is 5.83. The number of aromatic nitrogens is 2. The Balaban J connectivity index is 1.38. The predicted octanol–water partition coefficient (Wildman–Crippen LogP) is 3.48. The number of anilines is 1. The summed E-state index contributed by atoms with van der Waals surface area (Å²) in [6.07, 6.45) is 0.891. The molecule has 0 aliphatic carbocycles. The summed E-state index contributed by atoms with van der Waals surface area (Å²) in [4.78, 5) is 21.9. The lowest BCUT2D eigenvalue weighted by atomic mass is 10.1. The molecular formula is C23H23ClN4O. The Labute approximate surface area is 175 Å². The molecule has 29 heavy (non-hydrogen) atoms. The summed E-state index contributed by atoms with van der Waals surface area (Å²) in [6.45, 7) is 5.00. The van der Waals surface area contributed by atoms with E-state index in [0.717, 1.165) is 55.7 Å². The molecule has 0 spiro atoms. The van der Waals surface area contributed by atoms with Crippen LogP contribution >= 0.6 is 11.6 Å². The van der Waals surface area contributed by atoms with Crippen LogP contribution in [0.15, 0.2) is 59.4 Å². The van der Waals surface area contributed by atoms with Gasteiger partial charge < -0.3 is 9.47 Å². The van der Waals surface area contributed by atoms with E-state index in [-0.39, 0.29) is 5.56 Å². The smallest absolute Gasteiger partial charge is 0.279 e. The Morgan fingerprint density at radius 2 is 1.66 bits per heavy atom. The molecule has 0 amide bonds. The maximum atomic E-state index is 12.9. The minimum atomic E-state index is -0.0768. The van der Waals surface area contributed by atoms with Crippen LogP contribution in [0.1, 0.15) is 22.4 Å². The number of nitrogens with zero attached hydrogens (tertiary/aromatic N) is 4. The van der Waals surface area contributed by atoms with E-state index < -0.39 is 0 Å². The number of rotatable bonds is 4. The van der Waals surface area contributed by atoms with E-state index in [1.807, 2.05) is 30.3 Å². The van der Waals surface area contributed by atoms with Gasteiger partial charge in [0.15, 0.2) is 0 Å². The molecule has 0 N–H and O–H groups in total. The van der Waals surface area contributed by atoms with Crippen molar-refractivity contribution in [1.82, 2.24) is 14.5 Å². The highest BCUT2D eigenvalue weighted by Crippen LogP contribution is 2.27. The van der Waals surface area contributed by atoms with Gasteiger partial charge in [-0.15, -0.1) is 0 Å². The molecule has 0 unspecified atom stereocenters. The van der Waals surface area contributed by atoms with Crippen LogP contribution < -0.4 is 10.5 Å². The second-order valence-corrected chi connectivity index (χ2v) is 8.22. The van der Waals surface area contributed by atoms with Crippen molar-refractivity contribution in [3.63, 3.8) is 0 Å². The van der Waals surface area contributed by atoms with Crippen LogP contribution in [0.3, 0.4) is 0 Å². The summed E-state index contributed by atoms with van der Waals surface area (Å²) < 4.78 is 2.26. The maximum absolute atomic E-state index is 12.9. The van der Waals surface area contributed by atoms with E-state index >= 15 is 0 Å². The fraction of sp³-hybridized carbons (Fsp3) is 0.304. The first-order chi connectivity index (χ1) is 14.2. The quantitative estimate of drug-likeness (QED) is 0.665. The van der Waals surface area contributed by atoms with Gasteiger partial charge in [0.2, 0.25) is 5.95 Å². The van der Waals surface area contributed by atoms with Gasteiger partial charge in [-0.1, -0.05) is 54.1 Å². The average Bonchev–Trinajstić information content (AvgIpc) is 3.13. The van der Waals surface area contributed by atoms with Crippen molar-refractivity contribution < 1.29 is 0 Å². The van der Waals surface area contributed by atoms with E-state index in [4.69, 9.17) is 11.6 Å². The Hall–Kier alpha value is -2.63. The molecule has 148 valence electrons. The van der Waals surface area contributed by atoms with Crippen molar-refractivity contribution in [3.8, 4) is 0 Å². The normalized spacial score (nSPS) is 16.0. The van der Waals surface area contributed by atoms with Crippen LogP contribution in [0.25, 0.3) is 0 Å². The number of hydrogen-bond donors (Lipinski definition) is 0. The fourth-order valence-corrected chi connectivity index (χ4v) is 4.50. The van der Waals surface area contributed by atoms with Gasteiger partial charge in [-0.25, -0.2) is 0 Å². The SMILES string of the molecule is O=c1nc2n(c3c1CN(Cc1ccccc1)CC3)CCN2Cc1ccc(Cl)cc1. The summed E-state index contributed by atoms with van der Waals surface area (Å²) in [7, 11) is 0. The highest BCUT2D eigenvalue weighted by molar-refractivity contribution is 6.30. The molecule has 2 aliphatic rings. The van der Waals surface area contributed by atoms with Crippen molar-refractivity contribution >= 4 is 17.5 Å². The van der Waals surface area contributed by atoms with Gasteiger partial charge >= 0.3 is 0 Å². The highest BCUT2D eigenvalue weighted by atomic mass is 35.5. The average molecular weight is 407 g/mol. The molecule has 3 aromatic rings. The number of hydrogen-bond acceptors (Lipinski definition) is 4. The lowest BCUT2D eigenvalue weighted by molar-refractivity contribution is 0.239. The van der Waals surface area contributed by atoms with Crippen molar-refractivity contribution in [3.05, 3.63) is 92.4 Å². The molecule has 0 saturated heterocycles. The maximum Gasteiger partial charge on any atom is 0.279 e. The van der Waals surface area contributed by atoms with E-state index in [0.29, 0.717) is 6.54 Å². The standard InChI is InChI=1S/C23H23ClN4O/c24-19-8-6-18(7-9-19)15-27-12-13-28-21-10-11-26(14-17-4-2-1-3-5-17)16-20(21)22(29)25-23(27)28/h1-9H,10-16H2. The Kier molecular flexibility index (Phi) is 4.86. The zero-order valence-electron chi connectivity index (χ0n) is 16.2. The minimum absolute atomic E-state index is 0.0768. The molecule has 2 aromatic carbocycles. The summed E-state index contributed by atoms with van der Waals surface area (Å²) in [5, 5.41) is 0.735. The van der Waals surface area contributed by atoms with Crippen molar-refractivity contribution in [1.29, 1.82) is 0 Å². The van der Waals surface area contributed by atoms with Crippen molar-refractivity contribution in [2.24, 2.45) is 0 Å².